The summed E-state index contributed by atoms with van der Waals surface area (Å²) in [6.07, 6.45) is 3.26. The zero-order valence-corrected chi connectivity index (χ0v) is 9.85. The quantitative estimate of drug-likeness (QED) is 0.535. The molecule has 7 nitrogen and oxygen atoms in total. The van der Waals surface area contributed by atoms with Gasteiger partial charge in [-0.05, 0) is 12.1 Å². The van der Waals surface area contributed by atoms with E-state index in [0.717, 1.165) is 21.2 Å². The molecule has 4 aromatic heterocycles. The number of imidazole rings is 1. The van der Waals surface area contributed by atoms with Crippen molar-refractivity contribution >= 4 is 33.1 Å². The van der Waals surface area contributed by atoms with Crippen molar-refractivity contribution < 1.29 is 0 Å². The van der Waals surface area contributed by atoms with E-state index in [2.05, 4.69) is 25.1 Å². The Labute approximate surface area is 104 Å². The fourth-order valence-electron chi connectivity index (χ4n) is 1.87. The molecule has 0 saturated carbocycles. The number of nitrogen functional groups attached to an aromatic ring is 1. The predicted molar refractivity (Wildman–Crippen MR) is 68.2 cm³/mol. The highest BCUT2D eigenvalue weighted by atomic mass is 32.1. The molecule has 0 aliphatic rings. The zero-order valence-electron chi connectivity index (χ0n) is 9.03. The van der Waals surface area contributed by atoms with Crippen molar-refractivity contribution in [2.24, 2.45) is 0 Å². The molecule has 3 N–H and O–H groups in total. The number of hydrogen-bond acceptors (Lipinski definition) is 6. The summed E-state index contributed by atoms with van der Waals surface area (Å²) in [5, 5.41) is 9.11. The van der Waals surface area contributed by atoms with E-state index in [1.165, 1.54) is 11.3 Å². The zero-order chi connectivity index (χ0) is 12.1. The fraction of sp³-hybridized carbons (Fsp3) is 0. The summed E-state index contributed by atoms with van der Waals surface area (Å²) in [5.41, 5.74) is 7.85. The highest BCUT2D eigenvalue weighted by Crippen LogP contribution is 2.29. The minimum Gasteiger partial charge on any atom is -0.391 e. The Balaban J connectivity index is 2.07. The number of hydrogen-bond donors (Lipinski definition) is 2. The van der Waals surface area contributed by atoms with Crippen LogP contribution in [0.1, 0.15) is 0 Å². The first-order chi connectivity index (χ1) is 8.83. The fourth-order valence-corrected chi connectivity index (χ4v) is 2.63. The van der Waals surface area contributed by atoms with Crippen molar-refractivity contribution in [1.82, 2.24) is 29.5 Å². The second-order valence-electron chi connectivity index (χ2n) is 3.76. The van der Waals surface area contributed by atoms with Crippen LogP contribution in [0.25, 0.3) is 27.5 Å². The number of nitrogens with one attached hydrogen (secondary N) is 1. The van der Waals surface area contributed by atoms with Gasteiger partial charge in [0.15, 0.2) is 17.1 Å². The molecule has 0 atom stereocenters. The molecule has 0 aromatic carbocycles. The van der Waals surface area contributed by atoms with Crippen molar-refractivity contribution in [3.05, 3.63) is 24.8 Å². The SMILES string of the molecule is Nc1ccc(-c2nnc3c4[nH]cnc4ncn23)s1. The number of fused-ring (bicyclic) bond motifs is 3. The molecule has 0 aliphatic carbocycles. The van der Waals surface area contributed by atoms with Gasteiger partial charge in [0, 0.05) is 0 Å². The summed E-state index contributed by atoms with van der Waals surface area (Å²) in [7, 11) is 0. The number of H-pyrrole nitrogens is 1. The van der Waals surface area contributed by atoms with E-state index in [0.29, 0.717) is 11.3 Å². The van der Waals surface area contributed by atoms with Crippen LogP contribution in [0.2, 0.25) is 0 Å². The summed E-state index contributed by atoms with van der Waals surface area (Å²) < 4.78 is 1.83. The minimum absolute atomic E-state index is 0.632. The number of nitrogens with zero attached hydrogens (tertiary/aromatic N) is 5. The van der Waals surface area contributed by atoms with Crippen LogP contribution in [-0.2, 0) is 0 Å². The van der Waals surface area contributed by atoms with Crippen LogP contribution in [0, 0.1) is 0 Å². The van der Waals surface area contributed by atoms with Crippen LogP contribution in [0.5, 0.6) is 0 Å². The molecule has 0 unspecified atom stereocenters. The van der Waals surface area contributed by atoms with Crippen molar-refractivity contribution in [3.8, 4) is 10.7 Å². The average molecular weight is 257 g/mol. The van der Waals surface area contributed by atoms with Gasteiger partial charge < -0.3 is 10.7 Å². The summed E-state index contributed by atoms with van der Waals surface area (Å²) in [4.78, 5) is 12.3. The highest BCUT2D eigenvalue weighted by molar-refractivity contribution is 7.19. The molecular formula is C10H7N7S. The van der Waals surface area contributed by atoms with Gasteiger partial charge in [-0.15, -0.1) is 21.5 Å². The highest BCUT2D eigenvalue weighted by Gasteiger charge is 2.13. The third kappa shape index (κ3) is 1.17. The molecule has 88 valence electrons. The summed E-state index contributed by atoms with van der Waals surface area (Å²) >= 11 is 1.47. The molecule has 4 heterocycles. The maximum Gasteiger partial charge on any atom is 0.190 e. The maximum atomic E-state index is 5.73. The lowest BCUT2D eigenvalue weighted by molar-refractivity contribution is 1.10. The third-order valence-electron chi connectivity index (χ3n) is 2.68. The van der Waals surface area contributed by atoms with Crippen molar-refractivity contribution in [3.63, 3.8) is 0 Å². The van der Waals surface area contributed by atoms with Gasteiger partial charge in [0.05, 0.1) is 16.2 Å². The monoisotopic (exact) mass is 257 g/mol. The first-order valence-electron chi connectivity index (χ1n) is 5.21. The normalized spacial score (nSPS) is 11.6. The van der Waals surface area contributed by atoms with E-state index >= 15 is 0 Å². The lowest BCUT2D eigenvalue weighted by Gasteiger charge is -1.96. The molecule has 18 heavy (non-hydrogen) atoms. The van der Waals surface area contributed by atoms with Crippen LogP contribution in [0.15, 0.2) is 24.8 Å². The second-order valence-corrected chi connectivity index (χ2v) is 4.88. The van der Waals surface area contributed by atoms with Crippen LogP contribution >= 0.6 is 11.3 Å². The van der Waals surface area contributed by atoms with Crippen molar-refractivity contribution in [2.45, 2.75) is 0 Å². The first-order valence-corrected chi connectivity index (χ1v) is 6.03. The minimum atomic E-state index is 0.632. The van der Waals surface area contributed by atoms with Gasteiger partial charge in [-0.3, -0.25) is 4.40 Å². The molecule has 0 aliphatic heterocycles. The smallest absolute Gasteiger partial charge is 0.190 e. The van der Waals surface area contributed by atoms with Gasteiger partial charge >= 0.3 is 0 Å². The molecule has 8 heteroatoms. The van der Waals surface area contributed by atoms with Crippen LogP contribution in [0.3, 0.4) is 0 Å². The standard InChI is InChI=1S/C10H7N7S/c11-6-2-1-5(18-6)9-15-16-10-7-8(13-3-12-7)14-4-17(9)10/h1-4H,11H2,(H,12,13). The van der Waals surface area contributed by atoms with Crippen LogP contribution < -0.4 is 5.73 Å². The van der Waals surface area contributed by atoms with Gasteiger partial charge in [0.1, 0.15) is 11.8 Å². The van der Waals surface area contributed by atoms with E-state index in [1.807, 2.05) is 16.5 Å². The molecule has 0 bridgehead atoms. The number of anilines is 1. The Hall–Kier alpha value is -2.48. The average Bonchev–Trinajstić information content (AvgIpc) is 3.03. The largest absolute Gasteiger partial charge is 0.391 e. The van der Waals surface area contributed by atoms with Gasteiger partial charge in [-0.25, -0.2) is 9.97 Å². The number of rotatable bonds is 1. The van der Waals surface area contributed by atoms with Crippen LogP contribution in [0.4, 0.5) is 5.00 Å². The van der Waals surface area contributed by atoms with E-state index in [1.54, 1.807) is 12.7 Å². The molecule has 0 saturated heterocycles. The molecule has 0 spiro atoms. The molecule has 0 amide bonds. The summed E-state index contributed by atoms with van der Waals surface area (Å²) in [5.74, 6) is 0.732. The Kier molecular flexibility index (Phi) is 1.73. The number of nitrogens with two attached hydrogens (primary N) is 1. The Morgan fingerprint density at radius 2 is 2.17 bits per heavy atom. The first kappa shape index (κ1) is 9.54. The number of aromatic nitrogens is 6. The molecule has 0 fully saturated rings. The molecule has 4 aromatic rings. The Morgan fingerprint density at radius 1 is 1.22 bits per heavy atom. The molecular weight excluding hydrogens is 250 g/mol. The van der Waals surface area contributed by atoms with Gasteiger partial charge in [0.2, 0.25) is 0 Å². The van der Waals surface area contributed by atoms with Crippen molar-refractivity contribution in [1.29, 1.82) is 0 Å². The van der Waals surface area contributed by atoms with E-state index in [9.17, 15) is 0 Å². The van der Waals surface area contributed by atoms with E-state index in [-0.39, 0.29) is 0 Å². The molecule has 0 radical (unpaired) electrons. The van der Waals surface area contributed by atoms with Gasteiger partial charge in [-0.1, -0.05) is 0 Å². The number of thiophene rings is 1. The lowest BCUT2D eigenvalue weighted by Crippen LogP contribution is -1.91. The Morgan fingerprint density at radius 3 is 3.00 bits per heavy atom. The topological polar surface area (TPSA) is 97.8 Å². The third-order valence-corrected chi connectivity index (χ3v) is 3.59. The van der Waals surface area contributed by atoms with Crippen molar-refractivity contribution in [2.75, 3.05) is 5.73 Å². The lowest BCUT2D eigenvalue weighted by atomic mass is 10.4. The maximum absolute atomic E-state index is 5.73. The predicted octanol–water partition coefficient (Wildman–Crippen LogP) is 1.31. The Bertz CT molecular complexity index is 855. The van der Waals surface area contributed by atoms with Gasteiger partial charge in [0.25, 0.3) is 0 Å². The summed E-state index contributed by atoms with van der Waals surface area (Å²) in [6, 6.07) is 3.77. The number of aromatic amines is 1. The van der Waals surface area contributed by atoms with E-state index in [4.69, 9.17) is 5.73 Å². The second kappa shape index (κ2) is 3.26. The van der Waals surface area contributed by atoms with E-state index < -0.39 is 0 Å². The van der Waals surface area contributed by atoms with Gasteiger partial charge in [-0.2, -0.15) is 0 Å². The summed E-state index contributed by atoms with van der Waals surface area (Å²) in [6.45, 7) is 0. The molecule has 4 rings (SSSR count). The van der Waals surface area contributed by atoms with Crippen LogP contribution in [-0.4, -0.2) is 29.5 Å².